The molecule has 0 aliphatic carbocycles. The molecule has 1 rings (SSSR count). The molecule has 0 saturated carbocycles. The van der Waals surface area contributed by atoms with Crippen LogP contribution >= 0.6 is 11.8 Å². The molecule has 0 amide bonds. The van der Waals surface area contributed by atoms with E-state index >= 15 is 0 Å². The zero-order valence-corrected chi connectivity index (χ0v) is 7.40. The van der Waals surface area contributed by atoms with Gasteiger partial charge in [0.05, 0.1) is 11.6 Å². The van der Waals surface area contributed by atoms with Crippen LogP contribution < -0.4 is 0 Å². The Balaban J connectivity index is 3.12. The van der Waals surface area contributed by atoms with E-state index in [2.05, 4.69) is 6.07 Å². The fraction of sp³-hybridized carbons (Fsp3) is 0.222. The molecule has 0 N–H and O–H groups in total. The molecule has 0 unspecified atom stereocenters. The number of hydrogen-bond acceptors (Lipinski definition) is 2. The van der Waals surface area contributed by atoms with Gasteiger partial charge in [-0.1, -0.05) is 0 Å². The largest absolute Gasteiger partial charge is 0.192 e. The molecule has 1 aromatic rings. The molecule has 56 valence electrons. The molecular formula is C9H9NS. The van der Waals surface area contributed by atoms with E-state index in [4.69, 9.17) is 5.26 Å². The highest BCUT2D eigenvalue weighted by atomic mass is 32.2. The van der Waals surface area contributed by atoms with Gasteiger partial charge in [0.25, 0.3) is 0 Å². The fourth-order valence-corrected chi connectivity index (χ4v) is 1.53. The molecule has 0 aliphatic heterocycles. The van der Waals surface area contributed by atoms with Crippen LogP contribution in [0.3, 0.4) is 0 Å². The molecule has 0 aromatic heterocycles. The Bertz CT molecular complexity index is 299. The number of thioether (sulfide) groups is 1. The standard InChI is InChI=1S/C9H9NS/c1-7-5-8(6-10)3-4-9(7)11-2/h3-5H,1-2H3. The summed E-state index contributed by atoms with van der Waals surface area (Å²) in [5, 5.41) is 8.57. The summed E-state index contributed by atoms with van der Waals surface area (Å²) in [5.74, 6) is 0. The maximum atomic E-state index is 8.57. The van der Waals surface area contributed by atoms with Gasteiger partial charge in [0.1, 0.15) is 0 Å². The van der Waals surface area contributed by atoms with Crippen LogP contribution in [0.2, 0.25) is 0 Å². The number of hydrogen-bond donors (Lipinski definition) is 0. The fourth-order valence-electron chi connectivity index (χ4n) is 0.948. The summed E-state index contributed by atoms with van der Waals surface area (Å²) >= 11 is 1.71. The minimum atomic E-state index is 0.736. The van der Waals surface area contributed by atoms with Crippen molar-refractivity contribution >= 4 is 11.8 Å². The second-order valence-corrected chi connectivity index (χ2v) is 3.14. The van der Waals surface area contributed by atoms with Crippen LogP contribution in [0, 0.1) is 18.3 Å². The predicted octanol–water partition coefficient (Wildman–Crippen LogP) is 2.59. The normalized spacial score (nSPS) is 9.18. The van der Waals surface area contributed by atoms with E-state index in [1.54, 1.807) is 11.8 Å². The number of aryl methyl sites for hydroxylation is 1. The minimum Gasteiger partial charge on any atom is -0.192 e. The van der Waals surface area contributed by atoms with E-state index in [-0.39, 0.29) is 0 Å². The van der Waals surface area contributed by atoms with E-state index in [0.717, 1.165) is 5.56 Å². The van der Waals surface area contributed by atoms with E-state index in [1.165, 1.54) is 10.5 Å². The van der Waals surface area contributed by atoms with Gasteiger partial charge in [-0.3, -0.25) is 0 Å². The third-order valence-corrected chi connectivity index (χ3v) is 2.42. The quantitative estimate of drug-likeness (QED) is 0.594. The summed E-state index contributed by atoms with van der Waals surface area (Å²) in [5.41, 5.74) is 1.91. The second-order valence-electron chi connectivity index (χ2n) is 2.30. The summed E-state index contributed by atoms with van der Waals surface area (Å²) in [7, 11) is 0. The van der Waals surface area contributed by atoms with Gasteiger partial charge in [0.15, 0.2) is 0 Å². The molecule has 2 heteroatoms. The Hall–Kier alpha value is -0.940. The molecule has 0 saturated heterocycles. The molecule has 11 heavy (non-hydrogen) atoms. The lowest BCUT2D eigenvalue weighted by Gasteiger charge is -2.00. The Labute approximate surface area is 71.0 Å². The lowest BCUT2D eigenvalue weighted by Crippen LogP contribution is -1.80. The van der Waals surface area contributed by atoms with Crippen LogP contribution in [0.4, 0.5) is 0 Å². The number of rotatable bonds is 1. The predicted molar refractivity (Wildman–Crippen MR) is 47.7 cm³/mol. The van der Waals surface area contributed by atoms with Crippen molar-refractivity contribution in [3.05, 3.63) is 29.3 Å². The maximum absolute atomic E-state index is 8.57. The topological polar surface area (TPSA) is 23.8 Å². The summed E-state index contributed by atoms with van der Waals surface area (Å²) in [6.45, 7) is 2.02. The van der Waals surface area contributed by atoms with Gasteiger partial charge < -0.3 is 0 Å². The smallest absolute Gasteiger partial charge is 0.0991 e. The first-order chi connectivity index (χ1) is 5.27. The van der Waals surface area contributed by atoms with E-state index in [1.807, 2.05) is 31.4 Å². The zero-order valence-electron chi connectivity index (χ0n) is 6.59. The molecule has 0 aliphatic rings. The number of nitriles is 1. The van der Waals surface area contributed by atoms with Crippen LogP contribution in [0.15, 0.2) is 23.1 Å². The summed E-state index contributed by atoms with van der Waals surface area (Å²) in [4.78, 5) is 1.24. The first-order valence-corrected chi connectivity index (χ1v) is 4.55. The molecule has 1 nitrogen and oxygen atoms in total. The van der Waals surface area contributed by atoms with Crippen molar-refractivity contribution in [3.63, 3.8) is 0 Å². The van der Waals surface area contributed by atoms with Crippen LogP contribution in [0.1, 0.15) is 11.1 Å². The molecule has 0 bridgehead atoms. The van der Waals surface area contributed by atoms with Crippen LogP contribution in [0.5, 0.6) is 0 Å². The molecule has 0 heterocycles. The maximum Gasteiger partial charge on any atom is 0.0991 e. The van der Waals surface area contributed by atoms with Gasteiger partial charge >= 0.3 is 0 Å². The lowest BCUT2D eigenvalue weighted by molar-refractivity contribution is 1.29. The first-order valence-electron chi connectivity index (χ1n) is 3.32. The average Bonchev–Trinajstić information content (AvgIpc) is 2.04. The third-order valence-electron chi connectivity index (χ3n) is 1.52. The first kappa shape index (κ1) is 8.16. The summed E-state index contributed by atoms with van der Waals surface area (Å²) in [6.07, 6.45) is 2.04. The van der Waals surface area contributed by atoms with Crippen LogP contribution in [-0.4, -0.2) is 6.26 Å². The van der Waals surface area contributed by atoms with Crippen molar-refractivity contribution < 1.29 is 0 Å². The highest BCUT2D eigenvalue weighted by molar-refractivity contribution is 7.98. The minimum absolute atomic E-state index is 0.736. The molecule has 0 spiro atoms. The van der Waals surface area contributed by atoms with Gasteiger partial charge in [-0.15, -0.1) is 11.8 Å². The van der Waals surface area contributed by atoms with Gasteiger partial charge in [-0.25, -0.2) is 0 Å². The lowest BCUT2D eigenvalue weighted by atomic mass is 10.2. The SMILES string of the molecule is CSc1ccc(C#N)cc1C. The van der Waals surface area contributed by atoms with Crippen LogP contribution in [-0.2, 0) is 0 Å². The van der Waals surface area contributed by atoms with Crippen molar-refractivity contribution in [1.29, 1.82) is 5.26 Å². The molecule has 1 aromatic carbocycles. The van der Waals surface area contributed by atoms with E-state index in [0.29, 0.717) is 0 Å². The van der Waals surface area contributed by atoms with E-state index < -0.39 is 0 Å². The molecule has 0 fully saturated rings. The Kier molecular flexibility index (Phi) is 2.56. The highest BCUT2D eigenvalue weighted by Crippen LogP contribution is 2.19. The second kappa shape index (κ2) is 3.45. The van der Waals surface area contributed by atoms with Crippen molar-refractivity contribution in [1.82, 2.24) is 0 Å². The third kappa shape index (κ3) is 1.75. The average molecular weight is 163 g/mol. The van der Waals surface area contributed by atoms with Crippen LogP contribution in [0.25, 0.3) is 0 Å². The Morgan fingerprint density at radius 1 is 1.45 bits per heavy atom. The molecule has 0 radical (unpaired) electrons. The van der Waals surface area contributed by atoms with Crippen molar-refractivity contribution in [2.75, 3.05) is 6.26 Å². The van der Waals surface area contributed by atoms with Crippen molar-refractivity contribution in [2.45, 2.75) is 11.8 Å². The monoisotopic (exact) mass is 163 g/mol. The highest BCUT2D eigenvalue weighted by Gasteiger charge is 1.96. The van der Waals surface area contributed by atoms with Crippen molar-refractivity contribution in [3.8, 4) is 6.07 Å². The number of benzene rings is 1. The molecule has 0 atom stereocenters. The summed E-state index contributed by atoms with van der Waals surface area (Å²) < 4.78 is 0. The Morgan fingerprint density at radius 3 is 2.64 bits per heavy atom. The summed E-state index contributed by atoms with van der Waals surface area (Å²) in [6, 6.07) is 7.85. The molecular weight excluding hydrogens is 154 g/mol. The Morgan fingerprint density at radius 2 is 2.18 bits per heavy atom. The van der Waals surface area contributed by atoms with Gasteiger partial charge in [0, 0.05) is 4.90 Å². The van der Waals surface area contributed by atoms with E-state index in [9.17, 15) is 0 Å². The zero-order chi connectivity index (χ0) is 8.27. The van der Waals surface area contributed by atoms with Gasteiger partial charge in [-0.05, 0) is 36.9 Å². The van der Waals surface area contributed by atoms with Crippen molar-refractivity contribution in [2.24, 2.45) is 0 Å². The van der Waals surface area contributed by atoms with Gasteiger partial charge in [-0.2, -0.15) is 5.26 Å². The number of nitrogens with zero attached hydrogens (tertiary/aromatic N) is 1. The van der Waals surface area contributed by atoms with Gasteiger partial charge in [0.2, 0.25) is 0 Å².